The average molecular weight is 245 g/mol. The first-order valence-corrected chi connectivity index (χ1v) is 5.99. The summed E-state index contributed by atoms with van der Waals surface area (Å²) < 4.78 is 0. The Kier molecular flexibility index (Phi) is 4.48. The molecule has 4 heteroatoms. The van der Waals surface area contributed by atoms with Crippen molar-refractivity contribution in [3.63, 3.8) is 0 Å². The number of carboxylic acid groups (broad SMARTS) is 1. The zero-order chi connectivity index (χ0) is 11.4. The van der Waals surface area contributed by atoms with E-state index in [1.165, 1.54) is 0 Å². The first kappa shape index (κ1) is 12.4. The van der Waals surface area contributed by atoms with Crippen LogP contribution in [0.2, 0.25) is 5.02 Å². The number of carbonyl (C=O) groups is 1. The third-order valence-corrected chi connectivity index (χ3v) is 3.67. The Morgan fingerprint density at radius 2 is 2.27 bits per heavy atom. The van der Waals surface area contributed by atoms with E-state index < -0.39 is 5.97 Å². The summed E-state index contributed by atoms with van der Waals surface area (Å²) in [6.45, 7) is 4.21. The van der Waals surface area contributed by atoms with Crippen molar-refractivity contribution in [2.24, 2.45) is 0 Å². The van der Waals surface area contributed by atoms with Crippen molar-refractivity contribution >= 4 is 29.3 Å². The van der Waals surface area contributed by atoms with E-state index in [2.05, 4.69) is 13.8 Å². The lowest BCUT2D eigenvalue weighted by atomic mass is 10.2. The van der Waals surface area contributed by atoms with E-state index in [0.29, 0.717) is 5.25 Å². The van der Waals surface area contributed by atoms with E-state index in [1.54, 1.807) is 23.9 Å². The maximum atomic E-state index is 10.8. The topological polar surface area (TPSA) is 37.3 Å². The Labute approximate surface area is 98.6 Å². The first-order chi connectivity index (χ1) is 7.04. The Morgan fingerprint density at radius 1 is 1.60 bits per heavy atom. The monoisotopic (exact) mass is 244 g/mol. The lowest BCUT2D eigenvalue weighted by molar-refractivity contribution is 0.0697. The van der Waals surface area contributed by atoms with Gasteiger partial charge >= 0.3 is 5.97 Å². The highest BCUT2D eigenvalue weighted by Crippen LogP contribution is 2.28. The van der Waals surface area contributed by atoms with Gasteiger partial charge in [0.2, 0.25) is 0 Å². The highest BCUT2D eigenvalue weighted by molar-refractivity contribution is 7.99. The minimum absolute atomic E-state index is 0.171. The minimum Gasteiger partial charge on any atom is -0.478 e. The van der Waals surface area contributed by atoms with Crippen molar-refractivity contribution in [3.8, 4) is 0 Å². The molecule has 1 rings (SSSR count). The van der Waals surface area contributed by atoms with Gasteiger partial charge in [-0.25, -0.2) is 4.79 Å². The van der Waals surface area contributed by atoms with Gasteiger partial charge in [-0.05, 0) is 24.6 Å². The van der Waals surface area contributed by atoms with Crippen LogP contribution in [0.5, 0.6) is 0 Å². The van der Waals surface area contributed by atoms with Gasteiger partial charge in [-0.2, -0.15) is 0 Å². The number of hydrogen-bond donors (Lipinski definition) is 1. The summed E-state index contributed by atoms with van der Waals surface area (Å²) in [5.41, 5.74) is 0.171. The first-order valence-electron chi connectivity index (χ1n) is 4.74. The van der Waals surface area contributed by atoms with Gasteiger partial charge in [-0.15, -0.1) is 11.8 Å². The third-order valence-electron chi connectivity index (χ3n) is 2.08. The Balaban J connectivity index is 2.92. The average Bonchev–Trinajstić information content (AvgIpc) is 2.20. The number of halogens is 1. The molecule has 0 heterocycles. The molecule has 0 aliphatic heterocycles. The summed E-state index contributed by atoms with van der Waals surface area (Å²) in [6.07, 6.45) is 1.05. The predicted octanol–water partition coefficient (Wildman–Crippen LogP) is 3.93. The van der Waals surface area contributed by atoms with Crippen molar-refractivity contribution in [2.45, 2.75) is 30.4 Å². The van der Waals surface area contributed by atoms with Crippen LogP contribution in [0.4, 0.5) is 0 Å². The molecule has 82 valence electrons. The molecule has 2 nitrogen and oxygen atoms in total. The molecule has 0 spiro atoms. The number of hydrogen-bond acceptors (Lipinski definition) is 2. The molecule has 0 radical (unpaired) electrons. The van der Waals surface area contributed by atoms with E-state index in [1.807, 2.05) is 6.07 Å². The number of rotatable bonds is 4. The van der Waals surface area contributed by atoms with Crippen molar-refractivity contribution in [2.75, 3.05) is 0 Å². The maximum absolute atomic E-state index is 10.8. The highest BCUT2D eigenvalue weighted by atomic mass is 35.5. The van der Waals surface area contributed by atoms with Gasteiger partial charge in [0, 0.05) is 10.1 Å². The van der Waals surface area contributed by atoms with Gasteiger partial charge in [0.25, 0.3) is 0 Å². The van der Waals surface area contributed by atoms with Gasteiger partial charge in [-0.3, -0.25) is 0 Å². The smallest absolute Gasteiger partial charge is 0.337 e. The summed E-state index contributed by atoms with van der Waals surface area (Å²) in [5.74, 6) is -0.980. The Hall–Kier alpha value is -0.670. The molecule has 0 aliphatic carbocycles. The second kappa shape index (κ2) is 5.42. The fraction of sp³-hybridized carbons (Fsp3) is 0.364. The van der Waals surface area contributed by atoms with E-state index in [4.69, 9.17) is 16.7 Å². The SMILES string of the molecule is CCC(C)Sc1ccc(Cl)c(C(=O)O)c1. The molecule has 0 aliphatic rings. The molecular weight excluding hydrogens is 232 g/mol. The van der Waals surface area contributed by atoms with E-state index in [9.17, 15) is 4.79 Å². The highest BCUT2D eigenvalue weighted by Gasteiger charge is 2.10. The third kappa shape index (κ3) is 3.43. The summed E-state index contributed by atoms with van der Waals surface area (Å²) in [4.78, 5) is 11.8. The Morgan fingerprint density at radius 3 is 2.80 bits per heavy atom. The number of aromatic carboxylic acids is 1. The fourth-order valence-electron chi connectivity index (χ4n) is 1.06. The van der Waals surface area contributed by atoms with Crippen LogP contribution in [0.1, 0.15) is 30.6 Å². The van der Waals surface area contributed by atoms with Gasteiger partial charge in [0.05, 0.1) is 10.6 Å². The summed E-state index contributed by atoms with van der Waals surface area (Å²) in [7, 11) is 0. The number of thioether (sulfide) groups is 1. The van der Waals surface area contributed by atoms with Crippen molar-refractivity contribution in [1.29, 1.82) is 0 Å². The molecule has 1 unspecified atom stereocenters. The predicted molar refractivity (Wildman–Crippen MR) is 64.0 cm³/mol. The minimum atomic E-state index is -0.980. The normalized spacial score (nSPS) is 12.5. The molecule has 1 N–H and O–H groups in total. The lowest BCUT2D eigenvalue weighted by Crippen LogP contribution is -1.98. The quantitative estimate of drug-likeness (QED) is 0.816. The second-order valence-electron chi connectivity index (χ2n) is 3.28. The van der Waals surface area contributed by atoms with Crippen LogP contribution >= 0.6 is 23.4 Å². The molecule has 15 heavy (non-hydrogen) atoms. The second-order valence-corrected chi connectivity index (χ2v) is 5.20. The molecule has 0 amide bonds. The summed E-state index contributed by atoms with van der Waals surface area (Å²) in [5, 5.41) is 9.66. The van der Waals surface area contributed by atoms with Crippen LogP contribution in [-0.2, 0) is 0 Å². The van der Waals surface area contributed by atoms with E-state index >= 15 is 0 Å². The molecular formula is C11H13ClO2S. The zero-order valence-corrected chi connectivity index (χ0v) is 10.2. The van der Waals surface area contributed by atoms with Gasteiger partial charge in [0.15, 0.2) is 0 Å². The van der Waals surface area contributed by atoms with Crippen LogP contribution in [0.3, 0.4) is 0 Å². The lowest BCUT2D eigenvalue weighted by Gasteiger charge is -2.09. The van der Waals surface area contributed by atoms with Crippen molar-refractivity contribution in [3.05, 3.63) is 28.8 Å². The van der Waals surface area contributed by atoms with Crippen LogP contribution in [0.15, 0.2) is 23.1 Å². The molecule has 0 saturated heterocycles. The standard InChI is InChI=1S/C11H13ClO2S/c1-3-7(2)15-8-4-5-10(12)9(6-8)11(13)14/h4-7H,3H2,1-2H3,(H,13,14). The molecule has 0 bridgehead atoms. The molecule has 1 aromatic carbocycles. The van der Waals surface area contributed by atoms with E-state index in [-0.39, 0.29) is 10.6 Å². The molecule has 0 fully saturated rings. The largest absolute Gasteiger partial charge is 0.478 e. The van der Waals surface area contributed by atoms with Gasteiger partial charge in [0.1, 0.15) is 0 Å². The molecule has 1 aromatic rings. The van der Waals surface area contributed by atoms with Gasteiger partial charge in [-0.1, -0.05) is 25.4 Å². The number of benzene rings is 1. The van der Waals surface area contributed by atoms with Crippen LogP contribution in [0.25, 0.3) is 0 Å². The summed E-state index contributed by atoms with van der Waals surface area (Å²) >= 11 is 7.43. The Bertz CT molecular complexity index is 366. The van der Waals surface area contributed by atoms with Crippen LogP contribution in [0, 0.1) is 0 Å². The molecule has 0 saturated carbocycles. The van der Waals surface area contributed by atoms with Gasteiger partial charge < -0.3 is 5.11 Å². The van der Waals surface area contributed by atoms with Crippen LogP contribution in [-0.4, -0.2) is 16.3 Å². The summed E-state index contributed by atoms with van der Waals surface area (Å²) in [6, 6.07) is 5.11. The van der Waals surface area contributed by atoms with Crippen LogP contribution < -0.4 is 0 Å². The fourth-order valence-corrected chi connectivity index (χ4v) is 2.22. The van der Waals surface area contributed by atoms with E-state index in [0.717, 1.165) is 11.3 Å². The molecule has 1 atom stereocenters. The van der Waals surface area contributed by atoms with Crippen molar-refractivity contribution < 1.29 is 9.90 Å². The zero-order valence-electron chi connectivity index (χ0n) is 8.66. The van der Waals surface area contributed by atoms with Crippen molar-refractivity contribution in [1.82, 2.24) is 0 Å². The molecule has 0 aromatic heterocycles. The number of carboxylic acids is 1. The maximum Gasteiger partial charge on any atom is 0.337 e.